The first-order valence-electron chi connectivity index (χ1n) is 6.06. The summed E-state index contributed by atoms with van der Waals surface area (Å²) in [6.45, 7) is 2.47. The van der Waals surface area contributed by atoms with Crippen LogP contribution in [0.3, 0.4) is 0 Å². The fourth-order valence-electron chi connectivity index (χ4n) is 2.11. The van der Waals surface area contributed by atoms with Gasteiger partial charge in [0, 0.05) is 26.2 Å². The highest BCUT2D eigenvalue weighted by Crippen LogP contribution is 2.25. The number of ketones is 1. The molecule has 1 aromatic heterocycles. The van der Waals surface area contributed by atoms with E-state index in [9.17, 15) is 4.79 Å². The van der Waals surface area contributed by atoms with E-state index in [1.807, 2.05) is 0 Å². The van der Waals surface area contributed by atoms with Crippen LogP contribution in [-0.2, 0) is 16.0 Å². The van der Waals surface area contributed by atoms with Crippen molar-refractivity contribution in [1.29, 1.82) is 0 Å². The number of hydrogen-bond donors (Lipinski definition) is 0. The molecular formula is C12H17BrN2O3. The number of halogens is 1. The lowest BCUT2D eigenvalue weighted by Gasteiger charge is -2.21. The van der Waals surface area contributed by atoms with E-state index in [1.165, 1.54) is 0 Å². The smallest absolute Gasteiger partial charge is 0.185 e. The van der Waals surface area contributed by atoms with Crippen LogP contribution in [0, 0.1) is 5.92 Å². The molecule has 0 amide bonds. The normalized spacial score (nSPS) is 17.0. The number of ether oxygens (including phenoxy) is 2. The molecule has 5 nitrogen and oxygen atoms in total. The van der Waals surface area contributed by atoms with Gasteiger partial charge in [-0.25, -0.2) is 0 Å². The third-order valence-corrected chi connectivity index (χ3v) is 3.71. The Bertz CT molecular complexity index is 413. The number of nitrogens with zero attached hydrogens (tertiary/aromatic N) is 2. The van der Waals surface area contributed by atoms with Crippen molar-refractivity contribution in [2.75, 3.05) is 26.9 Å². The zero-order valence-electron chi connectivity index (χ0n) is 10.4. The van der Waals surface area contributed by atoms with E-state index in [-0.39, 0.29) is 11.7 Å². The molecule has 0 bridgehead atoms. The van der Waals surface area contributed by atoms with Crippen molar-refractivity contribution in [1.82, 2.24) is 9.78 Å². The maximum absolute atomic E-state index is 12.5. The van der Waals surface area contributed by atoms with E-state index in [1.54, 1.807) is 18.0 Å². The van der Waals surface area contributed by atoms with Crippen LogP contribution < -0.4 is 0 Å². The molecule has 2 rings (SSSR count). The molecular weight excluding hydrogens is 300 g/mol. The second-order valence-electron chi connectivity index (χ2n) is 4.31. The molecule has 0 aromatic carbocycles. The molecule has 1 saturated heterocycles. The Labute approximate surface area is 115 Å². The molecule has 0 aliphatic carbocycles. The lowest BCUT2D eigenvalue weighted by Crippen LogP contribution is -2.26. The molecule has 18 heavy (non-hydrogen) atoms. The molecule has 0 unspecified atom stereocenters. The van der Waals surface area contributed by atoms with E-state index in [0.717, 1.165) is 17.3 Å². The van der Waals surface area contributed by atoms with Gasteiger partial charge in [0.15, 0.2) is 5.78 Å². The van der Waals surface area contributed by atoms with E-state index in [4.69, 9.17) is 9.47 Å². The fraction of sp³-hybridized carbons (Fsp3) is 0.667. The van der Waals surface area contributed by atoms with Gasteiger partial charge in [0.05, 0.1) is 23.8 Å². The quantitative estimate of drug-likeness (QED) is 0.779. The van der Waals surface area contributed by atoms with Crippen molar-refractivity contribution in [3.8, 4) is 0 Å². The first-order chi connectivity index (χ1) is 8.74. The van der Waals surface area contributed by atoms with Crippen molar-refractivity contribution in [3.05, 3.63) is 16.4 Å². The number of methoxy groups -OCH3 is 1. The summed E-state index contributed by atoms with van der Waals surface area (Å²) in [5.74, 6) is 0.201. The number of aromatic nitrogens is 2. The minimum atomic E-state index is 0.0491. The number of Topliss-reactive ketones (excluding diaryl/α,β-unsaturated/α-hetero) is 1. The van der Waals surface area contributed by atoms with Gasteiger partial charge in [-0.2, -0.15) is 5.10 Å². The summed E-state index contributed by atoms with van der Waals surface area (Å²) in [6.07, 6.45) is 3.25. The standard InChI is InChI=1S/C12H17BrN2O3/c1-17-7-4-15-11(10(13)8-14-15)12(16)9-2-5-18-6-3-9/h8-9H,2-7H2,1H3. The summed E-state index contributed by atoms with van der Waals surface area (Å²) < 4.78 is 12.8. The first kappa shape index (κ1) is 13.7. The predicted octanol–water partition coefficient (Wildman–Crippen LogP) is 1.90. The molecule has 0 atom stereocenters. The average Bonchev–Trinajstić information content (AvgIpc) is 2.77. The summed E-state index contributed by atoms with van der Waals surface area (Å²) in [6, 6.07) is 0. The molecule has 100 valence electrons. The molecule has 2 heterocycles. The fourth-order valence-corrected chi connectivity index (χ4v) is 2.60. The summed E-state index contributed by atoms with van der Waals surface area (Å²) in [5.41, 5.74) is 0.652. The lowest BCUT2D eigenvalue weighted by atomic mass is 9.93. The molecule has 0 radical (unpaired) electrons. The monoisotopic (exact) mass is 316 g/mol. The summed E-state index contributed by atoms with van der Waals surface area (Å²) in [7, 11) is 1.64. The van der Waals surface area contributed by atoms with Crippen LogP contribution in [0.4, 0.5) is 0 Å². The molecule has 1 aliphatic rings. The Hall–Kier alpha value is -0.720. The highest BCUT2D eigenvalue weighted by molar-refractivity contribution is 9.10. The van der Waals surface area contributed by atoms with Crippen LogP contribution in [-0.4, -0.2) is 42.5 Å². The van der Waals surface area contributed by atoms with Gasteiger partial charge >= 0.3 is 0 Å². The highest BCUT2D eigenvalue weighted by atomic mass is 79.9. The van der Waals surface area contributed by atoms with Gasteiger partial charge in [0.2, 0.25) is 0 Å². The van der Waals surface area contributed by atoms with Crippen LogP contribution in [0.1, 0.15) is 23.3 Å². The zero-order valence-corrected chi connectivity index (χ0v) is 12.0. The third-order valence-electron chi connectivity index (χ3n) is 3.13. The van der Waals surface area contributed by atoms with Crippen molar-refractivity contribution < 1.29 is 14.3 Å². The van der Waals surface area contributed by atoms with Gasteiger partial charge in [-0.15, -0.1) is 0 Å². The van der Waals surface area contributed by atoms with Crippen molar-refractivity contribution >= 4 is 21.7 Å². The van der Waals surface area contributed by atoms with Crippen molar-refractivity contribution in [3.63, 3.8) is 0 Å². The Balaban J connectivity index is 2.14. The average molecular weight is 317 g/mol. The highest BCUT2D eigenvalue weighted by Gasteiger charge is 2.27. The first-order valence-corrected chi connectivity index (χ1v) is 6.85. The SMILES string of the molecule is COCCn1ncc(Br)c1C(=O)C1CCOCC1. The largest absolute Gasteiger partial charge is 0.383 e. The molecule has 0 spiro atoms. The summed E-state index contributed by atoms with van der Waals surface area (Å²) in [5, 5.41) is 4.21. The minimum Gasteiger partial charge on any atom is -0.383 e. The zero-order chi connectivity index (χ0) is 13.0. The van der Waals surface area contributed by atoms with E-state index >= 15 is 0 Å². The van der Waals surface area contributed by atoms with Gasteiger partial charge in [-0.1, -0.05) is 0 Å². The van der Waals surface area contributed by atoms with Crippen molar-refractivity contribution in [2.24, 2.45) is 5.92 Å². The van der Waals surface area contributed by atoms with Crippen LogP contribution in [0.2, 0.25) is 0 Å². The Kier molecular flexibility index (Phi) is 4.91. The Morgan fingerprint density at radius 1 is 1.61 bits per heavy atom. The van der Waals surface area contributed by atoms with Crippen molar-refractivity contribution in [2.45, 2.75) is 19.4 Å². The number of carbonyl (C=O) groups excluding carboxylic acids is 1. The molecule has 6 heteroatoms. The van der Waals surface area contributed by atoms with E-state index in [0.29, 0.717) is 32.1 Å². The number of hydrogen-bond acceptors (Lipinski definition) is 4. The second kappa shape index (κ2) is 6.45. The van der Waals surface area contributed by atoms with Gasteiger partial charge < -0.3 is 9.47 Å². The Morgan fingerprint density at radius 3 is 3.00 bits per heavy atom. The molecule has 0 N–H and O–H groups in total. The topological polar surface area (TPSA) is 53.4 Å². The molecule has 1 fully saturated rings. The summed E-state index contributed by atoms with van der Waals surface area (Å²) in [4.78, 5) is 12.5. The third kappa shape index (κ3) is 2.99. The molecule has 0 saturated carbocycles. The van der Waals surface area contributed by atoms with Gasteiger partial charge in [-0.3, -0.25) is 9.48 Å². The van der Waals surface area contributed by atoms with Crippen LogP contribution in [0.25, 0.3) is 0 Å². The minimum absolute atomic E-state index is 0.0491. The number of rotatable bonds is 5. The van der Waals surface area contributed by atoms with Crippen LogP contribution in [0.5, 0.6) is 0 Å². The van der Waals surface area contributed by atoms with E-state index < -0.39 is 0 Å². The maximum Gasteiger partial charge on any atom is 0.185 e. The maximum atomic E-state index is 12.5. The summed E-state index contributed by atoms with van der Waals surface area (Å²) >= 11 is 3.40. The predicted molar refractivity (Wildman–Crippen MR) is 69.7 cm³/mol. The molecule has 1 aliphatic heterocycles. The van der Waals surface area contributed by atoms with Crippen LogP contribution in [0.15, 0.2) is 10.7 Å². The Morgan fingerprint density at radius 2 is 2.33 bits per heavy atom. The molecule has 1 aromatic rings. The number of carbonyl (C=O) groups is 1. The van der Waals surface area contributed by atoms with Crippen LogP contribution >= 0.6 is 15.9 Å². The lowest BCUT2D eigenvalue weighted by molar-refractivity contribution is 0.0536. The van der Waals surface area contributed by atoms with Gasteiger partial charge in [-0.05, 0) is 28.8 Å². The van der Waals surface area contributed by atoms with E-state index in [2.05, 4.69) is 21.0 Å². The van der Waals surface area contributed by atoms with Gasteiger partial charge in [0.1, 0.15) is 5.69 Å². The van der Waals surface area contributed by atoms with Gasteiger partial charge in [0.25, 0.3) is 0 Å². The second-order valence-corrected chi connectivity index (χ2v) is 5.16.